The lowest BCUT2D eigenvalue weighted by Crippen LogP contribution is -2.43. The molecule has 1 saturated heterocycles. The number of nitrogens with one attached hydrogen (secondary N) is 1. The van der Waals surface area contributed by atoms with Crippen molar-refractivity contribution in [3.8, 4) is 0 Å². The molecule has 3 unspecified atom stereocenters. The van der Waals surface area contributed by atoms with E-state index >= 15 is 0 Å². The molecule has 3 rings (SSSR count). The van der Waals surface area contributed by atoms with Crippen molar-refractivity contribution in [1.82, 2.24) is 10.2 Å². The summed E-state index contributed by atoms with van der Waals surface area (Å²) >= 11 is 0. The maximum Gasteiger partial charge on any atom is 0.416 e. The summed E-state index contributed by atoms with van der Waals surface area (Å²) in [4.78, 5) is 26.8. The van der Waals surface area contributed by atoms with Crippen LogP contribution in [0.2, 0.25) is 0 Å². The minimum atomic E-state index is -4.94. The zero-order valence-electron chi connectivity index (χ0n) is 18.9. The molecule has 0 aromatic carbocycles. The fraction of sp³-hybridized carbons (Fsp3) is 0.739. The van der Waals surface area contributed by atoms with Gasteiger partial charge in [0.2, 0.25) is 11.8 Å². The number of likely N-dealkylation sites (tertiary alicyclic amines) is 1. The van der Waals surface area contributed by atoms with Crippen LogP contribution >= 0.6 is 0 Å². The van der Waals surface area contributed by atoms with Crippen molar-refractivity contribution in [2.45, 2.75) is 82.2 Å². The van der Waals surface area contributed by atoms with E-state index in [4.69, 9.17) is 5.73 Å². The average Bonchev–Trinajstić information content (AvgIpc) is 2.74. The van der Waals surface area contributed by atoms with E-state index in [1.54, 1.807) is 4.90 Å². The Bertz CT molecular complexity index is 813. The van der Waals surface area contributed by atoms with Gasteiger partial charge in [-0.15, -0.1) is 0 Å². The molecule has 1 aliphatic heterocycles. The highest BCUT2D eigenvalue weighted by molar-refractivity contribution is 5.78. The molecule has 3 aliphatic rings. The number of rotatable bonds is 5. The zero-order valence-corrected chi connectivity index (χ0v) is 18.9. The Morgan fingerprint density at radius 3 is 2.21 bits per heavy atom. The van der Waals surface area contributed by atoms with Crippen LogP contribution < -0.4 is 11.1 Å². The maximum absolute atomic E-state index is 13.0. The molecular formula is C23H31F6N3O2. The Hall–Kier alpha value is -2.04. The van der Waals surface area contributed by atoms with Crippen LogP contribution in [-0.2, 0) is 9.59 Å². The molecule has 0 radical (unpaired) electrons. The van der Waals surface area contributed by atoms with E-state index in [0.29, 0.717) is 38.4 Å². The van der Waals surface area contributed by atoms with Gasteiger partial charge in [-0.25, -0.2) is 0 Å². The van der Waals surface area contributed by atoms with Crippen molar-refractivity contribution in [3.05, 3.63) is 23.3 Å². The Labute approximate surface area is 194 Å². The van der Waals surface area contributed by atoms with Gasteiger partial charge in [-0.1, -0.05) is 12.8 Å². The number of halogens is 6. The fourth-order valence-electron chi connectivity index (χ4n) is 5.03. The van der Waals surface area contributed by atoms with Gasteiger partial charge < -0.3 is 16.0 Å². The van der Waals surface area contributed by atoms with E-state index in [2.05, 4.69) is 5.32 Å². The molecular weight excluding hydrogens is 464 g/mol. The number of hydrogen-bond acceptors (Lipinski definition) is 3. The lowest BCUT2D eigenvalue weighted by Gasteiger charge is -2.35. The van der Waals surface area contributed by atoms with Gasteiger partial charge in [-0.05, 0) is 49.7 Å². The molecule has 192 valence electrons. The van der Waals surface area contributed by atoms with Crippen molar-refractivity contribution in [1.29, 1.82) is 0 Å². The number of piperidine rings is 1. The molecule has 1 heterocycles. The third-order valence-corrected chi connectivity index (χ3v) is 7.03. The first-order valence-electron chi connectivity index (χ1n) is 11.7. The first-order valence-corrected chi connectivity index (χ1v) is 11.7. The molecule has 3 atom stereocenters. The van der Waals surface area contributed by atoms with Crippen molar-refractivity contribution in [2.24, 2.45) is 17.6 Å². The number of nitrogens with zero attached hydrogens (tertiary/aromatic N) is 1. The molecule has 0 aromatic rings. The van der Waals surface area contributed by atoms with Crippen LogP contribution in [0.1, 0.15) is 57.8 Å². The van der Waals surface area contributed by atoms with Crippen LogP contribution in [0.4, 0.5) is 26.3 Å². The minimum Gasteiger partial charge on any atom is -0.350 e. The molecule has 0 bridgehead atoms. The second kappa shape index (κ2) is 10.7. The van der Waals surface area contributed by atoms with Crippen molar-refractivity contribution in [3.63, 3.8) is 0 Å². The van der Waals surface area contributed by atoms with Crippen LogP contribution in [0.3, 0.4) is 0 Å². The van der Waals surface area contributed by atoms with Gasteiger partial charge in [-0.3, -0.25) is 9.59 Å². The van der Waals surface area contributed by atoms with Gasteiger partial charge in [0.15, 0.2) is 0 Å². The first kappa shape index (κ1) is 26.6. The fourth-order valence-corrected chi connectivity index (χ4v) is 5.03. The van der Waals surface area contributed by atoms with Crippen molar-refractivity contribution in [2.75, 3.05) is 13.1 Å². The van der Waals surface area contributed by atoms with Crippen molar-refractivity contribution < 1.29 is 35.9 Å². The maximum atomic E-state index is 13.0. The van der Waals surface area contributed by atoms with Crippen LogP contribution in [0, 0.1) is 11.8 Å². The lowest BCUT2D eigenvalue weighted by molar-refractivity contribution is -0.134. The van der Waals surface area contributed by atoms with E-state index in [-0.39, 0.29) is 36.3 Å². The molecule has 0 spiro atoms. The molecule has 5 nitrogen and oxygen atoms in total. The number of nitrogens with two attached hydrogens (primary N) is 1. The monoisotopic (exact) mass is 495 g/mol. The van der Waals surface area contributed by atoms with E-state index in [1.165, 1.54) is 0 Å². The van der Waals surface area contributed by atoms with Gasteiger partial charge in [0.25, 0.3) is 0 Å². The van der Waals surface area contributed by atoms with Gasteiger partial charge in [0, 0.05) is 44.0 Å². The number of alkyl halides is 6. The third-order valence-electron chi connectivity index (χ3n) is 7.03. The SMILES string of the molecule is NC1CCCCC1CC(=O)N1CCC(CC(=O)NC2C=C(C(F)(F)F)C=C(C(F)(F)F)C2)CC1. The Morgan fingerprint density at radius 2 is 1.62 bits per heavy atom. The minimum absolute atomic E-state index is 0.00765. The van der Waals surface area contributed by atoms with Crippen LogP contribution in [0.5, 0.6) is 0 Å². The Kier molecular flexibility index (Phi) is 8.36. The molecule has 2 amide bonds. The molecule has 11 heteroatoms. The van der Waals surface area contributed by atoms with Gasteiger partial charge in [0.1, 0.15) is 0 Å². The largest absolute Gasteiger partial charge is 0.416 e. The molecule has 34 heavy (non-hydrogen) atoms. The first-order chi connectivity index (χ1) is 15.8. The second-order valence-electron chi connectivity index (χ2n) is 9.61. The summed E-state index contributed by atoms with van der Waals surface area (Å²) in [7, 11) is 0. The zero-order chi connectivity index (χ0) is 25.1. The third kappa shape index (κ3) is 7.23. The number of allylic oxidation sites excluding steroid dienone is 2. The van der Waals surface area contributed by atoms with E-state index in [1.807, 2.05) is 0 Å². The second-order valence-corrected chi connectivity index (χ2v) is 9.61. The molecule has 1 saturated carbocycles. The number of carbonyl (C=O) groups excluding carboxylic acids is 2. The summed E-state index contributed by atoms with van der Waals surface area (Å²) in [5, 5.41) is 2.31. The smallest absolute Gasteiger partial charge is 0.350 e. The van der Waals surface area contributed by atoms with Gasteiger partial charge in [0.05, 0.1) is 11.6 Å². The van der Waals surface area contributed by atoms with Gasteiger partial charge >= 0.3 is 12.4 Å². The highest BCUT2D eigenvalue weighted by Gasteiger charge is 2.42. The molecule has 2 aliphatic carbocycles. The topological polar surface area (TPSA) is 75.4 Å². The standard InChI is InChI=1S/C23H31F6N3O2/c24-22(25,26)16-11-17(23(27,28)29)13-18(12-16)31-20(33)9-14-5-7-32(8-6-14)21(34)10-15-3-1-2-4-19(15)30/h11-12,14-15,18-19H,1-10,13,30H2,(H,31,33). The van der Waals surface area contributed by atoms with Gasteiger partial charge in [-0.2, -0.15) is 26.3 Å². The highest BCUT2D eigenvalue weighted by Crippen LogP contribution is 2.38. The number of hydrogen-bond donors (Lipinski definition) is 2. The molecule has 3 N–H and O–H groups in total. The number of amides is 2. The summed E-state index contributed by atoms with van der Waals surface area (Å²) in [5.41, 5.74) is 3.39. The summed E-state index contributed by atoms with van der Waals surface area (Å²) in [6, 6.07) is -1.34. The van der Waals surface area contributed by atoms with Crippen molar-refractivity contribution >= 4 is 11.8 Å². The summed E-state index contributed by atoms with van der Waals surface area (Å²) in [6.45, 7) is 0.947. The summed E-state index contributed by atoms with van der Waals surface area (Å²) in [5.74, 6) is -0.452. The van der Waals surface area contributed by atoms with E-state index in [0.717, 1.165) is 25.7 Å². The normalized spacial score (nSPS) is 27.1. The predicted molar refractivity (Wildman–Crippen MR) is 113 cm³/mol. The molecule has 2 fully saturated rings. The highest BCUT2D eigenvalue weighted by atomic mass is 19.4. The summed E-state index contributed by atoms with van der Waals surface area (Å²) < 4.78 is 78.2. The Balaban J connectivity index is 1.48. The number of carbonyl (C=O) groups is 2. The molecule has 0 aromatic heterocycles. The lowest BCUT2D eigenvalue weighted by atomic mass is 9.82. The quantitative estimate of drug-likeness (QED) is 0.556. The van der Waals surface area contributed by atoms with E-state index in [9.17, 15) is 35.9 Å². The summed E-state index contributed by atoms with van der Waals surface area (Å²) in [6.07, 6.45) is -4.33. The van der Waals surface area contributed by atoms with Crippen LogP contribution in [-0.4, -0.2) is 54.2 Å². The van der Waals surface area contributed by atoms with Crippen LogP contribution in [0.15, 0.2) is 23.3 Å². The Morgan fingerprint density at radius 1 is 0.971 bits per heavy atom. The van der Waals surface area contributed by atoms with Crippen LogP contribution in [0.25, 0.3) is 0 Å². The predicted octanol–water partition coefficient (Wildman–Crippen LogP) is 4.39. The van der Waals surface area contributed by atoms with E-state index < -0.39 is 41.9 Å². The average molecular weight is 496 g/mol.